The third-order valence-corrected chi connectivity index (χ3v) is 4.09. The van der Waals surface area contributed by atoms with Gasteiger partial charge in [-0.25, -0.2) is 9.89 Å². The number of thioether (sulfide) groups is 1. The van der Waals surface area contributed by atoms with E-state index in [0.717, 1.165) is 19.3 Å². The highest BCUT2D eigenvalue weighted by molar-refractivity contribution is 7.99. The fourth-order valence-corrected chi connectivity index (χ4v) is 3.14. The van der Waals surface area contributed by atoms with Crippen LogP contribution in [0.3, 0.4) is 0 Å². The van der Waals surface area contributed by atoms with Crippen LogP contribution in [0.25, 0.3) is 0 Å². The lowest BCUT2D eigenvalue weighted by Gasteiger charge is -2.12. The van der Waals surface area contributed by atoms with Crippen molar-refractivity contribution in [2.45, 2.75) is 49.2 Å². The van der Waals surface area contributed by atoms with Gasteiger partial charge in [0, 0.05) is 11.8 Å². The number of nitrogens with zero attached hydrogens (tertiary/aromatic N) is 2. The first-order chi connectivity index (χ1) is 7.22. The second-order valence-corrected chi connectivity index (χ2v) is 4.92. The summed E-state index contributed by atoms with van der Waals surface area (Å²) in [5, 5.41) is 16.9. The molecule has 0 aliphatic heterocycles. The summed E-state index contributed by atoms with van der Waals surface area (Å²) in [7, 11) is 0. The Hall–Kier alpha value is -0.750. The molecule has 1 aromatic rings. The van der Waals surface area contributed by atoms with Gasteiger partial charge >= 0.3 is 5.69 Å². The molecule has 0 saturated heterocycles. The standard InChI is InChI=1S/C9H15N3O2S/c1-2-12-8(14)10-11-9(12)15-7-5-3-4-6(7)13/h6-7,13H,2-5H2,1H3,(H,10,14). The van der Waals surface area contributed by atoms with Crippen LogP contribution in [0, 0.1) is 0 Å². The van der Waals surface area contributed by atoms with Gasteiger partial charge in [0.1, 0.15) is 0 Å². The first-order valence-electron chi connectivity index (χ1n) is 5.22. The second-order valence-electron chi connectivity index (χ2n) is 3.71. The predicted molar refractivity (Wildman–Crippen MR) is 58.0 cm³/mol. The zero-order valence-corrected chi connectivity index (χ0v) is 9.46. The van der Waals surface area contributed by atoms with Crippen LogP contribution < -0.4 is 5.69 Å². The fourth-order valence-electron chi connectivity index (χ4n) is 1.85. The molecule has 15 heavy (non-hydrogen) atoms. The highest BCUT2D eigenvalue weighted by atomic mass is 32.2. The van der Waals surface area contributed by atoms with Gasteiger partial charge in [0.2, 0.25) is 0 Å². The number of hydrogen-bond donors (Lipinski definition) is 2. The van der Waals surface area contributed by atoms with Crippen molar-refractivity contribution in [3.63, 3.8) is 0 Å². The number of aliphatic hydroxyl groups excluding tert-OH is 1. The van der Waals surface area contributed by atoms with Gasteiger partial charge in [-0.05, 0) is 26.2 Å². The quantitative estimate of drug-likeness (QED) is 0.796. The minimum Gasteiger partial charge on any atom is -0.392 e. The molecule has 0 spiro atoms. The van der Waals surface area contributed by atoms with E-state index < -0.39 is 0 Å². The van der Waals surface area contributed by atoms with Crippen molar-refractivity contribution in [1.29, 1.82) is 0 Å². The highest BCUT2D eigenvalue weighted by Gasteiger charge is 2.27. The van der Waals surface area contributed by atoms with Crippen LogP contribution in [0.2, 0.25) is 0 Å². The maximum absolute atomic E-state index is 11.3. The van der Waals surface area contributed by atoms with E-state index in [1.54, 1.807) is 4.57 Å². The molecule has 1 aliphatic carbocycles. The minimum absolute atomic E-state index is 0.174. The number of aliphatic hydroxyl groups is 1. The fraction of sp³-hybridized carbons (Fsp3) is 0.778. The van der Waals surface area contributed by atoms with Crippen molar-refractivity contribution in [3.05, 3.63) is 10.5 Å². The number of H-pyrrole nitrogens is 1. The van der Waals surface area contributed by atoms with E-state index in [1.165, 1.54) is 11.8 Å². The summed E-state index contributed by atoms with van der Waals surface area (Å²) in [6.07, 6.45) is 2.65. The molecule has 0 amide bonds. The SMILES string of the molecule is CCn1c(SC2CCCC2O)n[nH]c1=O. The van der Waals surface area contributed by atoms with E-state index in [9.17, 15) is 9.90 Å². The number of aromatic nitrogens is 3. The van der Waals surface area contributed by atoms with Gasteiger partial charge < -0.3 is 5.11 Å². The molecule has 84 valence electrons. The summed E-state index contributed by atoms with van der Waals surface area (Å²) >= 11 is 1.50. The van der Waals surface area contributed by atoms with Crippen LogP contribution in [-0.2, 0) is 6.54 Å². The van der Waals surface area contributed by atoms with Crippen molar-refractivity contribution < 1.29 is 5.11 Å². The smallest absolute Gasteiger partial charge is 0.343 e. The molecule has 1 aromatic heterocycles. The van der Waals surface area contributed by atoms with Gasteiger partial charge in [-0.15, -0.1) is 5.10 Å². The molecular formula is C9H15N3O2S. The van der Waals surface area contributed by atoms with Crippen LogP contribution in [0.1, 0.15) is 26.2 Å². The average Bonchev–Trinajstić information content (AvgIpc) is 2.76. The van der Waals surface area contributed by atoms with Gasteiger partial charge in [0.15, 0.2) is 5.16 Å². The summed E-state index contributed by atoms with van der Waals surface area (Å²) < 4.78 is 1.59. The molecule has 1 aliphatic rings. The second kappa shape index (κ2) is 4.40. The highest BCUT2D eigenvalue weighted by Crippen LogP contribution is 2.33. The molecule has 2 unspecified atom stereocenters. The van der Waals surface area contributed by atoms with Crippen molar-refractivity contribution >= 4 is 11.8 Å². The molecule has 2 N–H and O–H groups in total. The van der Waals surface area contributed by atoms with E-state index in [4.69, 9.17) is 0 Å². The summed E-state index contributed by atoms with van der Waals surface area (Å²) in [4.78, 5) is 11.3. The van der Waals surface area contributed by atoms with Crippen molar-refractivity contribution in [2.75, 3.05) is 0 Å². The Bertz CT molecular complexity index is 387. The molecule has 6 heteroatoms. The molecule has 1 heterocycles. The topological polar surface area (TPSA) is 70.9 Å². The van der Waals surface area contributed by atoms with Crippen molar-refractivity contribution in [2.24, 2.45) is 0 Å². The maximum atomic E-state index is 11.3. The lowest BCUT2D eigenvalue weighted by molar-refractivity contribution is 0.188. The van der Waals surface area contributed by atoms with Crippen molar-refractivity contribution in [1.82, 2.24) is 14.8 Å². The summed E-state index contributed by atoms with van der Waals surface area (Å²) in [6.45, 7) is 2.52. The Morgan fingerprint density at radius 3 is 3.07 bits per heavy atom. The Morgan fingerprint density at radius 1 is 1.67 bits per heavy atom. The van der Waals surface area contributed by atoms with Gasteiger partial charge in [0.25, 0.3) is 0 Å². The molecule has 1 fully saturated rings. The lowest BCUT2D eigenvalue weighted by atomic mass is 10.3. The minimum atomic E-state index is -0.257. The van der Waals surface area contributed by atoms with Crippen molar-refractivity contribution in [3.8, 4) is 0 Å². The van der Waals surface area contributed by atoms with E-state index in [2.05, 4.69) is 10.2 Å². The lowest BCUT2D eigenvalue weighted by Crippen LogP contribution is -2.19. The van der Waals surface area contributed by atoms with E-state index >= 15 is 0 Å². The van der Waals surface area contributed by atoms with E-state index in [-0.39, 0.29) is 17.0 Å². The zero-order valence-electron chi connectivity index (χ0n) is 8.64. The molecule has 0 radical (unpaired) electrons. The molecule has 5 nitrogen and oxygen atoms in total. The number of aromatic amines is 1. The molecule has 0 bridgehead atoms. The van der Waals surface area contributed by atoms with Crippen LogP contribution in [0.5, 0.6) is 0 Å². The summed E-state index contributed by atoms with van der Waals surface area (Å²) in [6, 6.07) is 0. The Labute approximate surface area is 91.9 Å². The third kappa shape index (κ3) is 2.10. The van der Waals surface area contributed by atoms with Gasteiger partial charge in [-0.3, -0.25) is 4.57 Å². The third-order valence-electron chi connectivity index (χ3n) is 2.71. The number of nitrogens with one attached hydrogen (secondary N) is 1. The van der Waals surface area contributed by atoms with Gasteiger partial charge in [-0.1, -0.05) is 11.8 Å². The van der Waals surface area contributed by atoms with Crippen LogP contribution in [0.15, 0.2) is 9.95 Å². The number of rotatable bonds is 3. The summed E-state index contributed by atoms with van der Waals surface area (Å²) in [5.74, 6) is 0. The van der Waals surface area contributed by atoms with Crippen LogP contribution in [-0.4, -0.2) is 31.2 Å². The average molecular weight is 229 g/mol. The molecule has 1 saturated carbocycles. The zero-order chi connectivity index (χ0) is 10.8. The molecule has 0 aromatic carbocycles. The normalized spacial score (nSPS) is 26.0. The summed E-state index contributed by atoms with van der Waals surface area (Å²) in [5.41, 5.74) is -0.174. The Kier molecular flexibility index (Phi) is 3.16. The molecule has 2 rings (SSSR count). The Balaban J connectivity index is 2.13. The number of hydrogen-bond acceptors (Lipinski definition) is 4. The van der Waals surface area contributed by atoms with Crippen LogP contribution >= 0.6 is 11.8 Å². The Morgan fingerprint density at radius 2 is 2.47 bits per heavy atom. The maximum Gasteiger partial charge on any atom is 0.343 e. The van der Waals surface area contributed by atoms with Gasteiger partial charge in [-0.2, -0.15) is 0 Å². The van der Waals surface area contributed by atoms with E-state index in [0.29, 0.717) is 11.7 Å². The monoisotopic (exact) mass is 229 g/mol. The predicted octanol–water partition coefficient (Wildman–Crippen LogP) is 0.597. The largest absolute Gasteiger partial charge is 0.392 e. The van der Waals surface area contributed by atoms with Gasteiger partial charge in [0.05, 0.1) is 6.10 Å². The first-order valence-corrected chi connectivity index (χ1v) is 6.10. The van der Waals surface area contributed by atoms with Crippen LogP contribution in [0.4, 0.5) is 0 Å². The molecule has 2 atom stereocenters. The first kappa shape index (κ1) is 10.8. The van der Waals surface area contributed by atoms with E-state index in [1.807, 2.05) is 6.92 Å². The molecular weight excluding hydrogens is 214 g/mol.